The lowest BCUT2D eigenvalue weighted by molar-refractivity contribution is -0.137. The number of nitriles is 1. The number of rotatable bonds is 2. The van der Waals surface area contributed by atoms with Crippen LogP contribution in [-0.2, 0) is 6.18 Å². The molecule has 3 nitrogen and oxygen atoms in total. The minimum absolute atomic E-state index is 0.00833. The van der Waals surface area contributed by atoms with Crippen LogP contribution in [0.25, 0.3) is 0 Å². The number of carbonyl (C=O) groups is 1. The number of alkyl halides is 3. The highest BCUT2D eigenvalue weighted by Crippen LogP contribution is 2.38. The molecule has 6 heteroatoms. The molecular weight excluding hydrogens is 317 g/mol. The lowest BCUT2D eigenvalue weighted by Crippen LogP contribution is -2.51. The fourth-order valence-corrected chi connectivity index (χ4v) is 4.06. The Morgan fingerprint density at radius 3 is 2.38 bits per heavy atom. The minimum Gasteiger partial charge on any atom is -0.300 e. The van der Waals surface area contributed by atoms with Crippen molar-refractivity contribution in [2.24, 2.45) is 5.92 Å². The first-order chi connectivity index (χ1) is 11.3. The minimum atomic E-state index is -4.56. The van der Waals surface area contributed by atoms with Gasteiger partial charge in [-0.2, -0.15) is 18.4 Å². The summed E-state index contributed by atoms with van der Waals surface area (Å²) in [6.45, 7) is 0. The Labute approximate surface area is 139 Å². The van der Waals surface area contributed by atoms with E-state index in [1.807, 2.05) is 0 Å². The molecule has 1 aromatic rings. The van der Waals surface area contributed by atoms with Crippen LogP contribution in [0, 0.1) is 17.2 Å². The van der Waals surface area contributed by atoms with Gasteiger partial charge in [0.05, 0.1) is 17.2 Å². The maximum atomic E-state index is 13.0. The van der Waals surface area contributed by atoms with Crippen LogP contribution in [0.3, 0.4) is 0 Å². The highest BCUT2D eigenvalue weighted by atomic mass is 19.4. The van der Waals surface area contributed by atoms with E-state index in [1.165, 1.54) is 6.07 Å². The van der Waals surface area contributed by atoms with E-state index in [1.54, 1.807) is 6.07 Å². The molecule has 0 aromatic heterocycles. The molecule has 2 aliphatic rings. The SMILES string of the molecule is CN1C2CCCC1CC(C(=O)c1cc(C#N)cc(C(F)(F)F)c1)C2. The van der Waals surface area contributed by atoms with Gasteiger partial charge < -0.3 is 4.90 Å². The van der Waals surface area contributed by atoms with Gasteiger partial charge in [0.2, 0.25) is 0 Å². The molecule has 2 unspecified atom stereocenters. The van der Waals surface area contributed by atoms with E-state index in [9.17, 15) is 18.0 Å². The smallest absolute Gasteiger partial charge is 0.300 e. The van der Waals surface area contributed by atoms with Gasteiger partial charge in [-0.3, -0.25) is 4.79 Å². The Bertz CT molecular complexity index is 678. The Kier molecular flexibility index (Phi) is 4.39. The van der Waals surface area contributed by atoms with Crippen molar-refractivity contribution in [2.45, 2.75) is 50.4 Å². The third kappa shape index (κ3) is 3.18. The van der Waals surface area contributed by atoms with E-state index >= 15 is 0 Å². The van der Waals surface area contributed by atoms with E-state index in [-0.39, 0.29) is 22.8 Å². The third-order valence-corrected chi connectivity index (χ3v) is 5.38. The van der Waals surface area contributed by atoms with Gasteiger partial charge in [0, 0.05) is 23.6 Å². The second kappa shape index (κ2) is 6.21. The molecule has 2 heterocycles. The molecule has 0 aliphatic carbocycles. The number of benzene rings is 1. The van der Waals surface area contributed by atoms with Crippen molar-refractivity contribution in [3.63, 3.8) is 0 Å². The van der Waals surface area contributed by atoms with Gasteiger partial charge in [-0.1, -0.05) is 6.42 Å². The quantitative estimate of drug-likeness (QED) is 0.766. The zero-order valence-electron chi connectivity index (χ0n) is 13.4. The molecule has 0 saturated carbocycles. The van der Waals surface area contributed by atoms with E-state index in [4.69, 9.17) is 5.26 Å². The summed E-state index contributed by atoms with van der Waals surface area (Å²) in [4.78, 5) is 15.1. The van der Waals surface area contributed by atoms with Crippen molar-refractivity contribution < 1.29 is 18.0 Å². The van der Waals surface area contributed by atoms with Gasteiger partial charge in [0.25, 0.3) is 0 Å². The zero-order valence-corrected chi connectivity index (χ0v) is 13.4. The van der Waals surface area contributed by atoms with Crippen LogP contribution in [0.2, 0.25) is 0 Å². The number of nitrogens with zero attached hydrogens (tertiary/aromatic N) is 2. The number of piperidine rings is 2. The Balaban J connectivity index is 1.89. The van der Waals surface area contributed by atoms with Crippen LogP contribution in [0.1, 0.15) is 53.6 Å². The van der Waals surface area contributed by atoms with Crippen LogP contribution in [0.15, 0.2) is 18.2 Å². The number of fused-ring (bicyclic) bond motifs is 2. The molecule has 0 N–H and O–H groups in total. The second-order valence-electron chi connectivity index (χ2n) is 6.85. The second-order valence-corrected chi connectivity index (χ2v) is 6.85. The van der Waals surface area contributed by atoms with E-state index in [2.05, 4.69) is 11.9 Å². The van der Waals surface area contributed by atoms with Crippen LogP contribution in [0.4, 0.5) is 13.2 Å². The highest BCUT2D eigenvalue weighted by Gasteiger charge is 2.39. The van der Waals surface area contributed by atoms with Crippen molar-refractivity contribution in [3.8, 4) is 6.07 Å². The average Bonchev–Trinajstić information content (AvgIpc) is 2.52. The molecule has 1 aromatic carbocycles. The molecule has 0 amide bonds. The normalized spacial score (nSPS) is 27.5. The molecule has 0 radical (unpaired) electrons. The summed E-state index contributed by atoms with van der Waals surface area (Å²) >= 11 is 0. The van der Waals surface area contributed by atoms with Crippen LogP contribution in [-0.4, -0.2) is 29.8 Å². The monoisotopic (exact) mass is 336 g/mol. The largest absolute Gasteiger partial charge is 0.416 e. The van der Waals surface area contributed by atoms with Crippen LogP contribution < -0.4 is 0 Å². The Morgan fingerprint density at radius 1 is 1.21 bits per heavy atom. The summed E-state index contributed by atoms with van der Waals surface area (Å²) in [6, 6.07) is 5.34. The van der Waals surface area contributed by atoms with Gasteiger partial charge in [-0.05, 0) is 50.9 Å². The summed E-state index contributed by atoms with van der Waals surface area (Å²) in [5.41, 5.74) is -1.05. The van der Waals surface area contributed by atoms with Gasteiger partial charge in [0.1, 0.15) is 0 Å². The van der Waals surface area contributed by atoms with Crippen molar-refractivity contribution in [1.82, 2.24) is 4.90 Å². The average molecular weight is 336 g/mol. The topological polar surface area (TPSA) is 44.1 Å². The first-order valence-corrected chi connectivity index (χ1v) is 8.18. The molecule has 2 bridgehead atoms. The number of carbonyl (C=O) groups excluding carboxylic acids is 1. The van der Waals surface area contributed by atoms with E-state index in [0.717, 1.165) is 31.4 Å². The number of hydrogen-bond donors (Lipinski definition) is 0. The van der Waals surface area contributed by atoms with Crippen molar-refractivity contribution in [3.05, 3.63) is 34.9 Å². The van der Waals surface area contributed by atoms with Crippen molar-refractivity contribution >= 4 is 5.78 Å². The number of ketones is 1. The maximum absolute atomic E-state index is 13.0. The number of hydrogen-bond acceptors (Lipinski definition) is 3. The summed E-state index contributed by atoms with van der Waals surface area (Å²) in [6.07, 6.45) is 0.00741. The number of halogens is 3. The highest BCUT2D eigenvalue weighted by molar-refractivity contribution is 5.98. The van der Waals surface area contributed by atoms with Crippen LogP contribution >= 0.6 is 0 Å². The van der Waals surface area contributed by atoms with Gasteiger partial charge >= 0.3 is 6.18 Å². The van der Waals surface area contributed by atoms with Gasteiger partial charge in [0.15, 0.2) is 5.78 Å². The van der Waals surface area contributed by atoms with Crippen LogP contribution in [0.5, 0.6) is 0 Å². The molecule has 0 spiro atoms. The Morgan fingerprint density at radius 2 is 1.83 bits per heavy atom. The lowest BCUT2D eigenvalue weighted by atomic mass is 9.76. The molecular formula is C18H19F3N2O. The lowest BCUT2D eigenvalue weighted by Gasteiger charge is -2.46. The van der Waals surface area contributed by atoms with E-state index < -0.39 is 11.7 Å². The first-order valence-electron chi connectivity index (χ1n) is 8.18. The summed E-state index contributed by atoms with van der Waals surface area (Å²) in [5, 5.41) is 8.98. The predicted octanol–water partition coefficient (Wildman–Crippen LogP) is 4.02. The summed E-state index contributed by atoms with van der Waals surface area (Å²) in [7, 11) is 2.06. The van der Waals surface area contributed by atoms with E-state index in [0.29, 0.717) is 24.9 Å². The molecule has 3 rings (SSSR count). The molecule has 2 saturated heterocycles. The van der Waals surface area contributed by atoms with Gasteiger partial charge in [-0.25, -0.2) is 0 Å². The fraction of sp³-hybridized carbons (Fsp3) is 0.556. The molecule has 24 heavy (non-hydrogen) atoms. The van der Waals surface area contributed by atoms with Gasteiger partial charge in [-0.15, -0.1) is 0 Å². The molecule has 128 valence electrons. The third-order valence-electron chi connectivity index (χ3n) is 5.38. The molecule has 2 aliphatic heterocycles. The molecule has 2 atom stereocenters. The Hall–Kier alpha value is -1.87. The predicted molar refractivity (Wildman–Crippen MR) is 82.4 cm³/mol. The van der Waals surface area contributed by atoms with Crippen molar-refractivity contribution in [1.29, 1.82) is 5.26 Å². The zero-order chi connectivity index (χ0) is 17.5. The molecule has 2 fully saturated rings. The number of Topliss-reactive ketones (excluding diaryl/α,β-unsaturated/α-hetero) is 1. The first kappa shape index (κ1) is 17.0. The standard InChI is InChI=1S/C18H19F3N2O/c1-23-15-3-2-4-16(23)9-13(8-15)17(24)12-5-11(10-22)6-14(7-12)18(19,20)21/h5-7,13,15-16H,2-4,8-9H2,1H3. The fourth-order valence-electron chi connectivity index (χ4n) is 4.06. The summed E-state index contributed by atoms with van der Waals surface area (Å²) < 4.78 is 39.0. The van der Waals surface area contributed by atoms with Crippen molar-refractivity contribution in [2.75, 3.05) is 7.05 Å². The summed E-state index contributed by atoms with van der Waals surface area (Å²) in [5.74, 6) is -0.519. The maximum Gasteiger partial charge on any atom is 0.416 e.